The summed E-state index contributed by atoms with van der Waals surface area (Å²) >= 11 is 1.57. The fourth-order valence-electron chi connectivity index (χ4n) is 3.07. The number of hydrogen-bond donors (Lipinski definition) is 0. The zero-order chi connectivity index (χ0) is 19.0. The van der Waals surface area contributed by atoms with E-state index in [9.17, 15) is 9.59 Å². The van der Waals surface area contributed by atoms with Crippen molar-refractivity contribution in [3.05, 3.63) is 29.8 Å². The Morgan fingerprint density at radius 1 is 1.12 bits per heavy atom. The van der Waals surface area contributed by atoms with Crippen LogP contribution in [0.15, 0.2) is 24.3 Å². The summed E-state index contributed by atoms with van der Waals surface area (Å²) in [5.41, 5.74) is 1.83. The van der Waals surface area contributed by atoms with E-state index in [1.54, 1.807) is 11.8 Å². The van der Waals surface area contributed by atoms with Crippen molar-refractivity contribution in [2.45, 2.75) is 76.0 Å². The third-order valence-electron chi connectivity index (χ3n) is 5.72. The summed E-state index contributed by atoms with van der Waals surface area (Å²) in [6, 6.07) is 7.90. The van der Waals surface area contributed by atoms with Crippen molar-refractivity contribution in [1.82, 2.24) is 0 Å². The molecule has 1 aliphatic heterocycles. The van der Waals surface area contributed by atoms with Crippen molar-refractivity contribution in [3.63, 3.8) is 0 Å². The number of carbonyl (C=O) groups is 2. The van der Waals surface area contributed by atoms with E-state index >= 15 is 0 Å². The molecule has 0 N–H and O–H groups in total. The van der Waals surface area contributed by atoms with Crippen molar-refractivity contribution in [3.8, 4) is 0 Å². The van der Waals surface area contributed by atoms with Gasteiger partial charge in [-0.05, 0) is 28.4 Å². The molecule has 3 nitrogen and oxygen atoms in total. The lowest BCUT2D eigenvalue weighted by Gasteiger charge is -2.42. The average Bonchev–Trinajstić information content (AvgIpc) is 2.80. The molecule has 25 heavy (non-hydrogen) atoms. The van der Waals surface area contributed by atoms with Gasteiger partial charge >= 0.3 is 0 Å². The number of anilines is 1. The summed E-state index contributed by atoms with van der Waals surface area (Å²) in [4.78, 5) is 26.3. The molecule has 1 unspecified atom stereocenters. The second-order valence-electron chi connectivity index (χ2n) is 8.13. The highest BCUT2D eigenvalue weighted by molar-refractivity contribution is 8.01. The first-order valence-corrected chi connectivity index (χ1v) is 9.89. The molecule has 0 aromatic heterocycles. The first-order valence-electron chi connectivity index (χ1n) is 8.94. The van der Waals surface area contributed by atoms with Crippen molar-refractivity contribution in [1.29, 1.82) is 0 Å². The average molecular weight is 358 g/mol. The topological polar surface area (TPSA) is 37.4 Å². The SMILES string of the molecule is C[B]C(C)(C)C(C)(C)c1ccc(N2C(=O)CC(SC(C)C)C2=O)cc1. The molecule has 1 fully saturated rings. The van der Waals surface area contributed by atoms with Gasteiger partial charge in [-0.1, -0.05) is 65.8 Å². The summed E-state index contributed by atoms with van der Waals surface area (Å²) in [5, 5.41) is 0.113. The van der Waals surface area contributed by atoms with Crippen LogP contribution < -0.4 is 4.90 Å². The standard InChI is InChI=1S/C20H29BNO2S/c1-13(2)25-16-12-17(23)22(18(16)24)15-10-8-14(9-11-15)19(3,4)20(5,6)21-7/h8-11,13,16H,12H2,1-7H3. The van der Waals surface area contributed by atoms with Gasteiger partial charge in [0.2, 0.25) is 11.8 Å². The summed E-state index contributed by atoms with van der Waals surface area (Å²) in [7, 11) is 2.22. The van der Waals surface area contributed by atoms with Gasteiger partial charge in [-0.25, -0.2) is 4.90 Å². The molecular weight excluding hydrogens is 329 g/mol. The Balaban J connectivity index is 2.26. The summed E-state index contributed by atoms with van der Waals surface area (Å²) in [6.07, 6.45) is 0.298. The number of rotatable bonds is 6. The van der Waals surface area contributed by atoms with Crippen molar-refractivity contribution < 1.29 is 9.59 Å². The summed E-state index contributed by atoms with van der Waals surface area (Å²) < 4.78 is 0. The minimum absolute atomic E-state index is 0.0345. The highest BCUT2D eigenvalue weighted by Crippen LogP contribution is 2.46. The van der Waals surface area contributed by atoms with Crippen LogP contribution in [0.1, 0.15) is 53.5 Å². The predicted molar refractivity (Wildman–Crippen MR) is 109 cm³/mol. The lowest BCUT2D eigenvalue weighted by atomic mass is 9.44. The highest BCUT2D eigenvalue weighted by Gasteiger charge is 2.41. The maximum Gasteiger partial charge on any atom is 0.247 e. The molecule has 1 aliphatic rings. The molecule has 2 amide bonds. The molecule has 2 rings (SSSR count). The van der Waals surface area contributed by atoms with Gasteiger partial charge in [-0.2, -0.15) is 0 Å². The fraction of sp³-hybridized carbons (Fsp3) is 0.600. The van der Waals surface area contributed by atoms with Gasteiger partial charge < -0.3 is 0 Å². The number of amides is 2. The van der Waals surface area contributed by atoms with Crippen LogP contribution in [0, 0.1) is 0 Å². The number of benzene rings is 1. The molecule has 0 saturated carbocycles. The van der Waals surface area contributed by atoms with Crippen LogP contribution in [0.2, 0.25) is 12.1 Å². The molecule has 1 aromatic carbocycles. The third-order valence-corrected chi connectivity index (χ3v) is 6.96. The van der Waals surface area contributed by atoms with E-state index in [0.29, 0.717) is 17.4 Å². The van der Waals surface area contributed by atoms with Crippen LogP contribution in [-0.4, -0.2) is 29.6 Å². The molecule has 135 valence electrons. The molecular formula is C20H29BNO2S. The van der Waals surface area contributed by atoms with Crippen LogP contribution in [0.3, 0.4) is 0 Å². The monoisotopic (exact) mass is 358 g/mol. The Hall–Kier alpha value is -1.23. The second-order valence-corrected chi connectivity index (χ2v) is 9.91. The molecule has 1 heterocycles. The molecule has 1 atom stereocenters. The number of thioether (sulfide) groups is 1. The Morgan fingerprint density at radius 3 is 2.16 bits per heavy atom. The second kappa shape index (κ2) is 7.18. The van der Waals surface area contributed by atoms with Gasteiger partial charge in [0.25, 0.3) is 0 Å². The minimum Gasteiger partial charge on any atom is -0.274 e. The molecule has 1 saturated heterocycles. The van der Waals surface area contributed by atoms with Crippen LogP contribution >= 0.6 is 11.8 Å². The van der Waals surface area contributed by atoms with E-state index in [1.807, 2.05) is 24.3 Å². The molecule has 5 heteroatoms. The van der Waals surface area contributed by atoms with Crippen molar-refractivity contribution in [2.75, 3.05) is 4.90 Å². The van der Waals surface area contributed by atoms with Gasteiger partial charge in [0.15, 0.2) is 0 Å². The molecule has 0 bridgehead atoms. The van der Waals surface area contributed by atoms with Crippen LogP contribution in [0.25, 0.3) is 0 Å². The number of carbonyl (C=O) groups excluding carboxylic acids is 2. The zero-order valence-electron chi connectivity index (χ0n) is 16.4. The van der Waals surface area contributed by atoms with Crippen LogP contribution in [0.4, 0.5) is 5.69 Å². The number of imide groups is 1. The van der Waals surface area contributed by atoms with Crippen molar-refractivity contribution in [2.24, 2.45) is 0 Å². The lowest BCUT2D eigenvalue weighted by molar-refractivity contribution is -0.121. The normalized spacial score (nSPS) is 19.0. The number of hydrogen-bond acceptors (Lipinski definition) is 3. The molecule has 0 aliphatic carbocycles. The van der Waals surface area contributed by atoms with E-state index in [0.717, 1.165) is 0 Å². The Labute approximate surface area is 157 Å². The Bertz CT molecular complexity index is 652. The maximum atomic E-state index is 12.6. The Kier molecular flexibility index (Phi) is 5.77. The minimum atomic E-state index is -0.253. The largest absolute Gasteiger partial charge is 0.274 e. The van der Waals surface area contributed by atoms with Crippen LogP contribution in [-0.2, 0) is 15.0 Å². The van der Waals surface area contributed by atoms with Crippen molar-refractivity contribution >= 4 is 36.5 Å². The molecule has 1 aromatic rings. The van der Waals surface area contributed by atoms with E-state index in [4.69, 9.17) is 0 Å². The quantitative estimate of drug-likeness (QED) is 0.547. The first kappa shape index (κ1) is 20.1. The maximum absolute atomic E-state index is 12.6. The van der Waals surface area contributed by atoms with Gasteiger partial charge in [0.05, 0.1) is 10.9 Å². The van der Waals surface area contributed by atoms with E-state index < -0.39 is 0 Å². The highest BCUT2D eigenvalue weighted by atomic mass is 32.2. The fourth-order valence-corrected chi connectivity index (χ4v) is 4.19. The zero-order valence-corrected chi connectivity index (χ0v) is 17.2. The van der Waals surface area contributed by atoms with Gasteiger partial charge in [0, 0.05) is 6.42 Å². The van der Waals surface area contributed by atoms with Gasteiger partial charge in [-0.15, -0.1) is 11.8 Å². The number of nitrogens with zero attached hydrogens (tertiary/aromatic N) is 1. The van der Waals surface area contributed by atoms with E-state index in [2.05, 4.69) is 55.6 Å². The van der Waals surface area contributed by atoms with E-state index in [1.165, 1.54) is 10.5 Å². The lowest BCUT2D eigenvalue weighted by Crippen LogP contribution is -2.35. The Morgan fingerprint density at radius 2 is 1.68 bits per heavy atom. The molecule has 1 radical (unpaired) electrons. The van der Waals surface area contributed by atoms with Gasteiger partial charge in [0.1, 0.15) is 7.28 Å². The smallest absolute Gasteiger partial charge is 0.247 e. The van der Waals surface area contributed by atoms with Gasteiger partial charge in [-0.3, -0.25) is 9.59 Å². The first-order chi connectivity index (χ1) is 11.5. The summed E-state index contributed by atoms with van der Waals surface area (Å²) in [6.45, 7) is 15.1. The van der Waals surface area contributed by atoms with E-state index in [-0.39, 0.29) is 27.8 Å². The molecule has 0 spiro atoms. The summed E-state index contributed by atoms with van der Waals surface area (Å²) in [5.74, 6) is -0.185. The third kappa shape index (κ3) is 3.81. The predicted octanol–water partition coefficient (Wildman–Crippen LogP) is 4.69. The van der Waals surface area contributed by atoms with Crippen LogP contribution in [0.5, 0.6) is 0 Å².